The van der Waals surface area contributed by atoms with E-state index in [9.17, 15) is 19.5 Å². The molecule has 0 radical (unpaired) electrons. The van der Waals surface area contributed by atoms with Crippen LogP contribution < -0.4 is 5.43 Å². The Hall–Kier alpha value is -3.69. The van der Waals surface area contributed by atoms with Crippen LogP contribution in [0.15, 0.2) is 70.0 Å². The van der Waals surface area contributed by atoms with Gasteiger partial charge in [0.1, 0.15) is 11.5 Å². The van der Waals surface area contributed by atoms with E-state index in [1.54, 1.807) is 54.6 Å². The molecule has 160 valence electrons. The van der Waals surface area contributed by atoms with Crippen molar-refractivity contribution in [3.63, 3.8) is 0 Å². The Bertz CT molecular complexity index is 1280. The summed E-state index contributed by atoms with van der Waals surface area (Å²) in [4.78, 5) is 36.7. The van der Waals surface area contributed by atoms with Gasteiger partial charge in [-0.05, 0) is 61.1 Å². The zero-order valence-corrected chi connectivity index (χ0v) is 18.3. The molecule has 0 atom stereocenters. The van der Waals surface area contributed by atoms with Crippen molar-refractivity contribution in [2.24, 2.45) is 0 Å². The highest BCUT2D eigenvalue weighted by Crippen LogP contribution is 2.33. The molecule has 1 aromatic heterocycles. The number of amides is 2. The fourth-order valence-electron chi connectivity index (χ4n) is 3.04. The van der Waals surface area contributed by atoms with Gasteiger partial charge >= 0.3 is 5.97 Å². The Morgan fingerprint density at radius 3 is 2.56 bits per heavy atom. The van der Waals surface area contributed by atoms with Crippen LogP contribution in [0.5, 0.6) is 0 Å². The summed E-state index contributed by atoms with van der Waals surface area (Å²) in [5, 5.41) is 10.3. The van der Waals surface area contributed by atoms with Gasteiger partial charge in [-0.3, -0.25) is 15.0 Å². The summed E-state index contributed by atoms with van der Waals surface area (Å²) in [5.41, 5.74) is 4.57. The van der Waals surface area contributed by atoms with Crippen LogP contribution in [-0.4, -0.2) is 32.2 Å². The van der Waals surface area contributed by atoms with E-state index in [1.807, 2.05) is 6.92 Å². The van der Waals surface area contributed by atoms with Gasteiger partial charge in [0, 0.05) is 17.2 Å². The van der Waals surface area contributed by atoms with Crippen molar-refractivity contribution in [2.45, 2.75) is 6.92 Å². The minimum Gasteiger partial charge on any atom is -0.478 e. The molecular weight excluding hydrogens is 448 g/mol. The van der Waals surface area contributed by atoms with Gasteiger partial charge < -0.3 is 9.52 Å². The first-order valence-electron chi connectivity index (χ1n) is 9.41. The summed E-state index contributed by atoms with van der Waals surface area (Å²) in [6, 6.07) is 16.7. The van der Waals surface area contributed by atoms with Crippen LogP contribution in [0.1, 0.15) is 32.0 Å². The molecule has 32 heavy (non-hydrogen) atoms. The second-order valence-corrected chi connectivity index (χ2v) is 8.54. The van der Waals surface area contributed by atoms with Gasteiger partial charge in [0.15, 0.2) is 4.32 Å². The summed E-state index contributed by atoms with van der Waals surface area (Å²) in [6.07, 6.45) is 1.54. The van der Waals surface area contributed by atoms with Crippen molar-refractivity contribution >= 4 is 52.2 Å². The van der Waals surface area contributed by atoms with Crippen LogP contribution in [-0.2, 0) is 4.79 Å². The Morgan fingerprint density at radius 1 is 1.09 bits per heavy atom. The monoisotopic (exact) mass is 464 g/mol. The summed E-state index contributed by atoms with van der Waals surface area (Å²) in [5.74, 6) is -1.07. The van der Waals surface area contributed by atoms with Crippen molar-refractivity contribution in [3.8, 4) is 11.3 Å². The largest absolute Gasteiger partial charge is 0.478 e. The first-order chi connectivity index (χ1) is 15.3. The first kappa shape index (κ1) is 21.5. The molecule has 1 aliphatic heterocycles. The van der Waals surface area contributed by atoms with Crippen molar-refractivity contribution in [1.29, 1.82) is 0 Å². The molecule has 2 amide bonds. The number of hydrazine groups is 1. The maximum atomic E-state index is 12.8. The highest BCUT2D eigenvalue weighted by molar-refractivity contribution is 8.26. The van der Waals surface area contributed by atoms with Gasteiger partial charge in [-0.2, -0.15) is 5.01 Å². The van der Waals surface area contributed by atoms with Crippen molar-refractivity contribution in [2.75, 3.05) is 0 Å². The topological polar surface area (TPSA) is 99.9 Å². The van der Waals surface area contributed by atoms with E-state index in [0.29, 0.717) is 27.6 Å². The maximum Gasteiger partial charge on any atom is 0.335 e. The van der Waals surface area contributed by atoms with Gasteiger partial charge in [-0.1, -0.05) is 36.0 Å². The van der Waals surface area contributed by atoms with E-state index in [-0.39, 0.29) is 9.88 Å². The molecule has 0 spiro atoms. The molecule has 1 fully saturated rings. The molecule has 0 aliphatic carbocycles. The van der Waals surface area contributed by atoms with Gasteiger partial charge in [0.05, 0.1) is 10.5 Å². The lowest BCUT2D eigenvalue weighted by molar-refractivity contribution is -0.123. The molecule has 3 aromatic rings. The minimum atomic E-state index is -1.03. The number of aromatic carboxylic acids is 1. The number of furan rings is 1. The second-order valence-electron chi connectivity index (χ2n) is 6.86. The number of carboxylic acids is 1. The van der Waals surface area contributed by atoms with Crippen molar-refractivity contribution < 1.29 is 23.9 Å². The van der Waals surface area contributed by atoms with E-state index in [4.69, 9.17) is 16.6 Å². The predicted octanol–water partition coefficient (Wildman–Crippen LogP) is 4.50. The van der Waals surface area contributed by atoms with Gasteiger partial charge in [0.25, 0.3) is 11.8 Å². The number of hydrogen-bond donors (Lipinski definition) is 2. The Kier molecular flexibility index (Phi) is 5.93. The molecule has 0 saturated carbocycles. The smallest absolute Gasteiger partial charge is 0.335 e. The van der Waals surface area contributed by atoms with Gasteiger partial charge in [-0.15, -0.1) is 0 Å². The van der Waals surface area contributed by atoms with E-state index in [0.717, 1.165) is 22.3 Å². The molecule has 1 saturated heterocycles. The lowest BCUT2D eigenvalue weighted by Gasteiger charge is -2.15. The number of carboxylic acid groups (broad SMARTS) is 1. The third-order valence-corrected chi connectivity index (χ3v) is 6.00. The number of hydrogen-bond acceptors (Lipinski definition) is 6. The van der Waals surface area contributed by atoms with Gasteiger partial charge in [0.2, 0.25) is 0 Å². The first-order valence-corrected chi connectivity index (χ1v) is 10.6. The van der Waals surface area contributed by atoms with E-state index in [2.05, 4.69) is 5.43 Å². The molecule has 2 N–H and O–H groups in total. The molecule has 1 aliphatic rings. The zero-order chi connectivity index (χ0) is 22.8. The molecule has 4 rings (SSSR count). The minimum absolute atomic E-state index is 0.151. The lowest BCUT2D eigenvalue weighted by Crippen LogP contribution is -2.44. The van der Waals surface area contributed by atoms with Crippen molar-refractivity contribution in [3.05, 3.63) is 88.0 Å². The fraction of sp³-hybridized carbons (Fsp3) is 0.0435. The summed E-state index contributed by atoms with van der Waals surface area (Å²) in [6.45, 7) is 1.85. The highest BCUT2D eigenvalue weighted by Gasteiger charge is 2.34. The number of rotatable bonds is 5. The number of thiocarbonyl (C=S) groups is 1. The molecule has 0 unspecified atom stereocenters. The van der Waals surface area contributed by atoms with E-state index < -0.39 is 17.8 Å². The Labute approximate surface area is 192 Å². The zero-order valence-electron chi connectivity index (χ0n) is 16.7. The average molecular weight is 465 g/mol. The van der Waals surface area contributed by atoms with Crippen LogP contribution in [0.4, 0.5) is 0 Å². The third kappa shape index (κ3) is 4.34. The second kappa shape index (κ2) is 8.81. The van der Waals surface area contributed by atoms with Crippen LogP contribution in [0.2, 0.25) is 0 Å². The SMILES string of the molecule is Cc1ccc(C(=O)O)cc1-c1ccc(/C=C2\SC(=S)N(NC(=O)c3ccccc3)C2=O)o1. The summed E-state index contributed by atoms with van der Waals surface area (Å²) in [7, 11) is 0. The molecule has 0 bridgehead atoms. The number of carbonyl (C=O) groups is 3. The van der Waals surface area contributed by atoms with Crippen LogP contribution in [0, 0.1) is 6.92 Å². The third-order valence-electron chi connectivity index (χ3n) is 4.69. The number of benzene rings is 2. The quantitative estimate of drug-likeness (QED) is 0.424. The predicted molar refractivity (Wildman–Crippen MR) is 125 cm³/mol. The lowest BCUT2D eigenvalue weighted by atomic mass is 10.0. The molecule has 2 heterocycles. The normalized spacial score (nSPS) is 14.8. The maximum absolute atomic E-state index is 12.8. The van der Waals surface area contributed by atoms with Crippen LogP contribution in [0.25, 0.3) is 17.4 Å². The standard InChI is InChI=1S/C23H16N2O5S2/c1-13-7-8-15(22(28)29)11-17(13)18-10-9-16(30-18)12-19-21(27)25(23(31)32-19)24-20(26)14-5-3-2-4-6-14/h2-12H,1H3,(H,24,26)(H,28,29)/b19-12-. The number of thioether (sulfide) groups is 1. The molecular formula is C23H16N2O5S2. The number of nitrogens with zero attached hydrogens (tertiary/aromatic N) is 1. The molecule has 9 heteroatoms. The summed E-state index contributed by atoms with van der Waals surface area (Å²) < 4.78 is 6.03. The Balaban J connectivity index is 1.54. The van der Waals surface area contributed by atoms with Crippen molar-refractivity contribution in [1.82, 2.24) is 10.4 Å². The van der Waals surface area contributed by atoms with Gasteiger partial charge in [-0.25, -0.2) is 4.79 Å². The summed E-state index contributed by atoms with van der Waals surface area (Å²) >= 11 is 6.29. The molecule has 2 aromatic carbocycles. The highest BCUT2D eigenvalue weighted by atomic mass is 32.2. The van der Waals surface area contributed by atoms with Crippen LogP contribution >= 0.6 is 24.0 Å². The number of nitrogens with one attached hydrogen (secondary N) is 1. The average Bonchev–Trinajstić information content (AvgIpc) is 3.34. The molecule has 7 nitrogen and oxygen atoms in total. The fourth-order valence-corrected chi connectivity index (χ4v) is 4.20. The van der Waals surface area contributed by atoms with E-state index >= 15 is 0 Å². The Morgan fingerprint density at radius 2 is 1.84 bits per heavy atom. The van der Waals surface area contributed by atoms with Crippen LogP contribution in [0.3, 0.4) is 0 Å². The number of aryl methyl sites for hydroxylation is 1. The number of carbonyl (C=O) groups excluding carboxylic acids is 2. The van der Waals surface area contributed by atoms with E-state index in [1.165, 1.54) is 12.1 Å².